The lowest BCUT2D eigenvalue weighted by Crippen LogP contribution is -2.75. The molecule has 3 aliphatic rings. The number of para-hydroxylation sites is 1. The molecule has 1 spiro atoms. The summed E-state index contributed by atoms with van der Waals surface area (Å²) in [6.07, 6.45) is 0.349. The number of benzene rings is 3. The molecule has 10 heteroatoms. The van der Waals surface area contributed by atoms with E-state index in [9.17, 15) is 9.59 Å². The predicted molar refractivity (Wildman–Crippen MR) is 195 cm³/mol. The Labute approximate surface area is 300 Å². The van der Waals surface area contributed by atoms with Crippen molar-refractivity contribution in [1.82, 2.24) is 4.90 Å². The molecule has 0 aliphatic carbocycles. The lowest BCUT2D eigenvalue weighted by atomic mass is 9.49. The minimum absolute atomic E-state index is 0.0564. The van der Waals surface area contributed by atoms with Crippen LogP contribution in [0.4, 0.5) is 21.0 Å². The molecular weight excluding hydrogens is 646 g/mol. The van der Waals surface area contributed by atoms with Gasteiger partial charge in [0.05, 0.1) is 29.7 Å². The van der Waals surface area contributed by atoms with Crippen molar-refractivity contribution >= 4 is 29.5 Å². The summed E-state index contributed by atoms with van der Waals surface area (Å²) in [5.74, 6) is -0.396. The Morgan fingerprint density at radius 3 is 2.16 bits per heavy atom. The normalized spacial score (nSPS) is 22.5. The average Bonchev–Trinajstić information content (AvgIpc) is 3.31. The third kappa shape index (κ3) is 6.18. The van der Waals surface area contributed by atoms with Gasteiger partial charge in [-0.1, -0.05) is 66.7 Å². The molecule has 1 saturated heterocycles. The van der Waals surface area contributed by atoms with E-state index < -0.39 is 46.3 Å². The Kier molecular flexibility index (Phi) is 9.54. The van der Waals surface area contributed by atoms with Gasteiger partial charge in [0.2, 0.25) is 5.91 Å². The minimum Gasteiger partial charge on any atom is -0.443 e. The summed E-state index contributed by atoms with van der Waals surface area (Å²) in [5, 5.41) is 0. The molecule has 0 unspecified atom stereocenters. The number of allylic oxidation sites excluding steroid dienone is 1. The number of hydrogen-bond acceptors (Lipinski definition) is 8. The Hall–Kier alpha value is -4.67. The summed E-state index contributed by atoms with van der Waals surface area (Å²) < 4.78 is 23.9. The third-order valence-corrected chi connectivity index (χ3v) is 9.92. The van der Waals surface area contributed by atoms with Crippen molar-refractivity contribution in [2.75, 3.05) is 30.2 Å². The zero-order chi connectivity index (χ0) is 36.8. The quantitative estimate of drug-likeness (QED) is 0.134. The van der Waals surface area contributed by atoms with E-state index in [-0.39, 0.29) is 26.4 Å². The van der Waals surface area contributed by atoms with Gasteiger partial charge in [-0.15, -0.1) is 6.58 Å². The first-order chi connectivity index (χ1) is 24.2. The molecule has 3 heterocycles. The van der Waals surface area contributed by atoms with Crippen LogP contribution < -0.4 is 9.80 Å². The van der Waals surface area contributed by atoms with E-state index >= 15 is 4.79 Å². The van der Waals surface area contributed by atoms with E-state index in [0.29, 0.717) is 24.3 Å². The highest BCUT2D eigenvalue weighted by Crippen LogP contribution is 2.66. The van der Waals surface area contributed by atoms with Crippen LogP contribution in [-0.2, 0) is 47.8 Å². The van der Waals surface area contributed by atoms with Crippen molar-refractivity contribution in [2.45, 2.75) is 95.8 Å². The second kappa shape index (κ2) is 13.5. The molecule has 0 N–H and O–H groups in total. The van der Waals surface area contributed by atoms with Gasteiger partial charge >= 0.3 is 12.2 Å². The van der Waals surface area contributed by atoms with E-state index in [1.165, 1.54) is 4.90 Å². The zero-order valence-corrected chi connectivity index (χ0v) is 30.7. The fraction of sp³-hybridized carbons (Fsp3) is 0.439. The number of imide groups is 1. The van der Waals surface area contributed by atoms with Crippen molar-refractivity contribution in [3.63, 3.8) is 0 Å². The molecule has 3 aliphatic heterocycles. The van der Waals surface area contributed by atoms with E-state index in [2.05, 4.69) is 11.5 Å². The summed E-state index contributed by atoms with van der Waals surface area (Å²) >= 11 is 0. The van der Waals surface area contributed by atoms with Crippen LogP contribution in [0.3, 0.4) is 0 Å². The van der Waals surface area contributed by atoms with Crippen molar-refractivity contribution in [3.05, 3.63) is 108 Å². The number of anilines is 2. The number of ether oxygens (including phenoxy) is 4. The van der Waals surface area contributed by atoms with Crippen molar-refractivity contribution in [1.29, 1.82) is 0 Å². The molecule has 6 rings (SSSR count). The molecule has 3 aromatic rings. The highest BCUT2D eigenvalue weighted by Gasteiger charge is 2.74. The van der Waals surface area contributed by atoms with E-state index in [1.807, 2.05) is 101 Å². The molecule has 3 aromatic carbocycles. The van der Waals surface area contributed by atoms with Gasteiger partial charge in [0.15, 0.2) is 0 Å². The van der Waals surface area contributed by atoms with Crippen LogP contribution in [0.1, 0.15) is 76.6 Å². The summed E-state index contributed by atoms with van der Waals surface area (Å²) in [5.41, 5.74) is 0.800. The molecule has 51 heavy (non-hydrogen) atoms. The molecular formula is C41H49N3O7. The van der Waals surface area contributed by atoms with Gasteiger partial charge in [0, 0.05) is 19.3 Å². The topological polar surface area (TPSA) is 97.9 Å². The fourth-order valence-corrected chi connectivity index (χ4v) is 8.29. The number of fused-ring (bicyclic) bond motifs is 3. The summed E-state index contributed by atoms with van der Waals surface area (Å²) in [7, 11) is 1.94. The Bertz CT molecular complexity index is 1810. The Morgan fingerprint density at radius 1 is 0.843 bits per heavy atom. The summed E-state index contributed by atoms with van der Waals surface area (Å²) in [6.45, 7) is 15.7. The number of carbonyl (C=O) groups is 3. The van der Waals surface area contributed by atoms with Crippen molar-refractivity contribution < 1.29 is 33.3 Å². The van der Waals surface area contributed by atoms with Crippen LogP contribution in [0.25, 0.3) is 0 Å². The Morgan fingerprint density at radius 2 is 1.47 bits per heavy atom. The fourth-order valence-electron chi connectivity index (χ4n) is 8.29. The minimum atomic E-state index is -1.36. The number of hydrogen-bond donors (Lipinski definition) is 0. The standard InChI is InChI=1S/C41H49N3O7/c1-9-22-40-30-19-13-14-20-31(30)44(37(47)51-39(5,6)7)34-41(40,23-24-43(35(40)45)36(46)50-38(2,3)4)33-29(18-15-21-32(33)42(34)8)26-49-27-48-25-28-16-11-10-12-17-28/h9-21,34H,1,22-27H2,2-8H3/t34-,40-,41-/m0/s1. The summed E-state index contributed by atoms with van der Waals surface area (Å²) in [6, 6.07) is 23.3. The maximum atomic E-state index is 15.4. The highest BCUT2D eigenvalue weighted by molar-refractivity contribution is 6.06. The van der Waals surface area contributed by atoms with Gasteiger partial charge in [-0.25, -0.2) is 14.5 Å². The van der Waals surface area contributed by atoms with Crippen LogP contribution in [0, 0.1) is 0 Å². The first kappa shape index (κ1) is 36.1. The first-order valence-corrected chi connectivity index (χ1v) is 17.5. The van der Waals surface area contributed by atoms with Crippen LogP contribution in [0.2, 0.25) is 0 Å². The van der Waals surface area contributed by atoms with Crippen LogP contribution >= 0.6 is 0 Å². The number of amides is 3. The molecule has 0 radical (unpaired) electrons. The maximum absolute atomic E-state index is 15.4. The van der Waals surface area contributed by atoms with Crippen LogP contribution in [0.5, 0.6) is 0 Å². The number of piperidine rings is 1. The van der Waals surface area contributed by atoms with Crippen molar-refractivity contribution in [3.8, 4) is 0 Å². The molecule has 3 amide bonds. The molecule has 0 saturated carbocycles. The van der Waals surface area contributed by atoms with Gasteiger partial charge in [-0.3, -0.25) is 9.69 Å². The number of likely N-dealkylation sites (N-methyl/N-ethyl adjacent to an activating group) is 1. The summed E-state index contributed by atoms with van der Waals surface area (Å²) in [4.78, 5) is 48.7. The third-order valence-electron chi connectivity index (χ3n) is 9.92. The van der Waals surface area contributed by atoms with E-state index in [0.717, 1.165) is 22.4 Å². The van der Waals surface area contributed by atoms with Crippen molar-refractivity contribution in [2.24, 2.45) is 0 Å². The number of rotatable bonds is 8. The zero-order valence-electron chi connectivity index (χ0n) is 30.7. The monoisotopic (exact) mass is 695 g/mol. The van der Waals surface area contributed by atoms with E-state index in [1.54, 1.807) is 31.7 Å². The smallest absolute Gasteiger partial charge is 0.417 e. The molecule has 0 bridgehead atoms. The number of nitrogens with zero attached hydrogens (tertiary/aromatic N) is 3. The molecule has 3 atom stereocenters. The number of likely N-dealkylation sites (tertiary alicyclic amines) is 1. The maximum Gasteiger partial charge on any atom is 0.417 e. The highest BCUT2D eigenvalue weighted by atomic mass is 16.7. The second-order valence-electron chi connectivity index (χ2n) is 15.5. The van der Waals surface area contributed by atoms with E-state index in [4.69, 9.17) is 18.9 Å². The van der Waals surface area contributed by atoms with Crippen LogP contribution in [0.15, 0.2) is 85.5 Å². The average molecular weight is 696 g/mol. The van der Waals surface area contributed by atoms with Gasteiger partial charge in [-0.2, -0.15) is 0 Å². The SMILES string of the molecule is C=CC[C@]12C(=O)N(C(=O)OC(C)(C)C)CC[C@@]13c1c(COCOCc4ccccc4)cccc1N(C)[C@H]3N(C(=O)OC(C)(C)C)c1ccccc12. The molecule has 270 valence electrons. The van der Waals surface area contributed by atoms with Gasteiger partial charge < -0.3 is 23.8 Å². The van der Waals surface area contributed by atoms with Gasteiger partial charge in [0.1, 0.15) is 24.2 Å². The van der Waals surface area contributed by atoms with Crippen LogP contribution in [-0.4, -0.2) is 60.7 Å². The second-order valence-corrected chi connectivity index (χ2v) is 15.5. The lowest BCUT2D eigenvalue weighted by molar-refractivity contribution is -0.145. The lowest BCUT2D eigenvalue weighted by Gasteiger charge is -2.61. The molecule has 0 aromatic heterocycles. The van der Waals surface area contributed by atoms with Gasteiger partial charge in [0.25, 0.3) is 0 Å². The Balaban J connectivity index is 1.53. The molecule has 10 nitrogen and oxygen atoms in total. The number of carbonyl (C=O) groups excluding carboxylic acids is 3. The molecule has 1 fully saturated rings. The largest absolute Gasteiger partial charge is 0.443 e. The predicted octanol–water partition coefficient (Wildman–Crippen LogP) is 7.83. The van der Waals surface area contributed by atoms with Gasteiger partial charge in [-0.05, 0) is 88.8 Å². The first-order valence-electron chi connectivity index (χ1n) is 17.5.